The zero-order chi connectivity index (χ0) is 25.2. The smallest absolute Gasteiger partial charge is 0.308 e. The van der Waals surface area contributed by atoms with Crippen molar-refractivity contribution in [3.63, 3.8) is 0 Å². The number of nitrogens with one attached hydrogen (secondary N) is 1. The minimum atomic E-state index is -4.02. The lowest BCUT2D eigenvalue weighted by atomic mass is 10.2. The number of benzene rings is 3. The molecule has 0 saturated carbocycles. The van der Waals surface area contributed by atoms with Gasteiger partial charge in [-0.25, -0.2) is 8.42 Å². The summed E-state index contributed by atoms with van der Waals surface area (Å²) in [5.74, 6) is 0.0474. The summed E-state index contributed by atoms with van der Waals surface area (Å²) in [6.45, 7) is 3.43. The minimum absolute atomic E-state index is 0.0120. The van der Waals surface area contributed by atoms with E-state index in [2.05, 4.69) is 5.32 Å². The highest BCUT2D eigenvalue weighted by molar-refractivity contribution is 7.92. The normalized spacial score (nSPS) is 11.5. The van der Waals surface area contributed by atoms with Crippen LogP contribution < -0.4 is 19.2 Å². The SMILES string of the molecule is COc1ccc(N(CC(=O)Nc2ccc3c(c2)sc(=O)n3C(C)C)S(=O)(=O)c2ccccc2)cc1. The van der Waals surface area contributed by atoms with E-state index in [-0.39, 0.29) is 15.8 Å². The largest absolute Gasteiger partial charge is 0.497 e. The second-order valence-corrected chi connectivity index (χ2v) is 10.9. The van der Waals surface area contributed by atoms with Crippen molar-refractivity contribution in [3.8, 4) is 5.75 Å². The average molecular weight is 512 g/mol. The Bertz CT molecular complexity index is 1510. The summed E-state index contributed by atoms with van der Waals surface area (Å²) in [6.07, 6.45) is 0. The van der Waals surface area contributed by atoms with E-state index in [9.17, 15) is 18.0 Å². The Morgan fingerprint density at radius 3 is 2.37 bits per heavy atom. The van der Waals surface area contributed by atoms with Gasteiger partial charge in [0.15, 0.2) is 0 Å². The third-order valence-corrected chi connectivity index (χ3v) is 8.10. The molecule has 4 rings (SSSR count). The van der Waals surface area contributed by atoms with Gasteiger partial charge in [0.25, 0.3) is 10.0 Å². The maximum atomic E-state index is 13.4. The summed E-state index contributed by atoms with van der Waals surface area (Å²) in [7, 11) is -2.50. The van der Waals surface area contributed by atoms with Crippen molar-refractivity contribution in [3.05, 3.63) is 82.5 Å². The number of hydrogen-bond donors (Lipinski definition) is 1. The second-order valence-electron chi connectivity index (χ2n) is 8.09. The Labute approximate surface area is 207 Å². The van der Waals surface area contributed by atoms with Gasteiger partial charge in [-0.3, -0.25) is 18.5 Å². The number of ether oxygens (including phenoxy) is 1. The number of nitrogens with zero attached hydrogens (tertiary/aromatic N) is 2. The minimum Gasteiger partial charge on any atom is -0.497 e. The first-order valence-corrected chi connectivity index (χ1v) is 13.1. The number of carbonyl (C=O) groups is 1. The standard InChI is InChI=1S/C25H25N3O5S2/c1-17(2)28-22-14-9-18(15-23(22)34-25(28)30)26-24(29)16-27(19-10-12-20(33-3)13-11-19)35(31,32)21-7-5-4-6-8-21/h4-15,17H,16H2,1-3H3,(H,26,29). The van der Waals surface area contributed by atoms with Crippen LogP contribution in [0, 0.1) is 0 Å². The molecule has 0 saturated heterocycles. The highest BCUT2D eigenvalue weighted by Gasteiger charge is 2.27. The molecule has 1 N–H and O–H groups in total. The van der Waals surface area contributed by atoms with E-state index in [4.69, 9.17) is 4.74 Å². The molecule has 0 aliphatic carbocycles. The summed E-state index contributed by atoms with van der Waals surface area (Å²) in [6, 6.07) is 19.6. The van der Waals surface area contributed by atoms with E-state index in [1.165, 1.54) is 19.2 Å². The number of thiazole rings is 1. The maximum absolute atomic E-state index is 13.4. The summed E-state index contributed by atoms with van der Waals surface area (Å²) in [5, 5.41) is 2.76. The Morgan fingerprint density at radius 2 is 1.74 bits per heavy atom. The van der Waals surface area contributed by atoms with Crippen molar-refractivity contribution in [2.24, 2.45) is 0 Å². The number of hydrogen-bond acceptors (Lipinski definition) is 6. The van der Waals surface area contributed by atoms with E-state index in [0.717, 1.165) is 25.9 Å². The zero-order valence-corrected chi connectivity index (χ0v) is 21.1. The lowest BCUT2D eigenvalue weighted by Crippen LogP contribution is -2.38. The molecule has 0 spiro atoms. The monoisotopic (exact) mass is 511 g/mol. The molecule has 3 aromatic carbocycles. The highest BCUT2D eigenvalue weighted by Crippen LogP contribution is 2.27. The van der Waals surface area contributed by atoms with Crippen molar-refractivity contribution < 1.29 is 17.9 Å². The van der Waals surface area contributed by atoms with Crippen LogP contribution in [0.4, 0.5) is 11.4 Å². The fraction of sp³-hybridized carbons (Fsp3) is 0.200. The molecule has 0 aliphatic rings. The first kappa shape index (κ1) is 24.5. The molecule has 10 heteroatoms. The fourth-order valence-electron chi connectivity index (χ4n) is 3.72. The van der Waals surface area contributed by atoms with E-state index < -0.39 is 22.5 Å². The maximum Gasteiger partial charge on any atom is 0.308 e. The van der Waals surface area contributed by atoms with Gasteiger partial charge >= 0.3 is 4.87 Å². The second kappa shape index (κ2) is 9.93. The number of anilines is 2. The summed E-state index contributed by atoms with van der Waals surface area (Å²) < 4.78 is 35.5. The van der Waals surface area contributed by atoms with Crippen LogP contribution in [0.1, 0.15) is 19.9 Å². The first-order chi connectivity index (χ1) is 16.7. The van der Waals surface area contributed by atoms with E-state index in [1.807, 2.05) is 13.8 Å². The van der Waals surface area contributed by atoms with E-state index >= 15 is 0 Å². The van der Waals surface area contributed by atoms with Gasteiger partial charge in [0.1, 0.15) is 12.3 Å². The average Bonchev–Trinajstić information content (AvgIpc) is 3.18. The molecule has 182 valence electrons. The van der Waals surface area contributed by atoms with Crippen molar-refractivity contribution in [1.82, 2.24) is 4.57 Å². The quantitative estimate of drug-likeness (QED) is 0.376. The van der Waals surface area contributed by atoms with Gasteiger partial charge in [-0.15, -0.1) is 0 Å². The third-order valence-electron chi connectivity index (χ3n) is 5.39. The summed E-state index contributed by atoms with van der Waals surface area (Å²) in [4.78, 5) is 25.3. The third kappa shape index (κ3) is 5.08. The van der Waals surface area contributed by atoms with Gasteiger partial charge in [0.2, 0.25) is 5.91 Å². The van der Waals surface area contributed by atoms with Gasteiger partial charge < -0.3 is 10.1 Å². The van der Waals surface area contributed by atoms with Crippen LogP contribution in [-0.4, -0.2) is 32.5 Å². The predicted molar refractivity (Wildman–Crippen MR) is 139 cm³/mol. The molecule has 35 heavy (non-hydrogen) atoms. The molecule has 0 fully saturated rings. The van der Waals surface area contributed by atoms with Crippen LogP contribution in [-0.2, 0) is 14.8 Å². The number of aromatic nitrogens is 1. The zero-order valence-electron chi connectivity index (χ0n) is 19.5. The molecule has 0 radical (unpaired) electrons. The Morgan fingerprint density at radius 1 is 1.06 bits per heavy atom. The highest BCUT2D eigenvalue weighted by atomic mass is 32.2. The summed E-state index contributed by atoms with van der Waals surface area (Å²) in [5.41, 5.74) is 1.60. The molecule has 1 heterocycles. The first-order valence-electron chi connectivity index (χ1n) is 10.9. The summed E-state index contributed by atoms with van der Waals surface area (Å²) >= 11 is 1.10. The Balaban J connectivity index is 1.64. The number of amides is 1. The molecule has 1 aromatic heterocycles. The number of rotatable bonds is 8. The van der Waals surface area contributed by atoms with Crippen LogP contribution in [0.2, 0.25) is 0 Å². The number of methoxy groups -OCH3 is 1. The molecular formula is C25H25N3O5S2. The topological polar surface area (TPSA) is 97.7 Å². The van der Waals surface area contributed by atoms with Crippen LogP contribution in [0.3, 0.4) is 0 Å². The number of carbonyl (C=O) groups excluding carboxylic acids is 1. The van der Waals surface area contributed by atoms with Gasteiger partial charge in [-0.2, -0.15) is 0 Å². The van der Waals surface area contributed by atoms with Gasteiger partial charge in [-0.1, -0.05) is 29.5 Å². The molecule has 0 unspecified atom stereocenters. The van der Waals surface area contributed by atoms with E-state index in [0.29, 0.717) is 17.1 Å². The van der Waals surface area contributed by atoms with E-state index in [1.54, 1.807) is 65.2 Å². The van der Waals surface area contributed by atoms with Crippen molar-refractivity contribution in [2.45, 2.75) is 24.8 Å². The fourth-order valence-corrected chi connectivity index (χ4v) is 6.21. The predicted octanol–water partition coefficient (Wildman–Crippen LogP) is 4.49. The Kier molecular flexibility index (Phi) is 6.95. The van der Waals surface area contributed by atoms with Crippen LogP contribution >= 0.6 is 11.3 Å². The molecule has 0 bridgehead atoms. The van der Waals surface area contributed by atoms with Gasteiger partial charge in [-0.05, 0) is 68.4 Å². The lowest BCUT2D eigenvalue weighted by Gasteiger charge is -2.24. The number of sulfonamides is 1. The van der Waals surface area contributed by atoms with Crippen molar-refractivity contribution in [1.29, 1.82) is 0 Å². The van der Waals surface area contributed by atoms with Crippen molar-refractivity contribution in [2.75, 3.05) is 23.3 Å². The molecule has 0 aliphatic heterocycles. The van der Waals surface area contributed by atoms with Crippen LogP contribution in [0.5, 0.6) is 5.75 Å². The number of fused-ring (bicyclic) bond motifs is 1. The molecular weight excluding hydrogens is 486 g/mol. The molecule has 8 nitrogen and oxygen atoms in total. The van der Waals surface area contributed by atoms with Crippen LogP contribution in [0.15, 0.2) is 82.5 Å². The Hall–Kier alpha value is -3.63. The van der Waals surface area contributed by atoms with Crippen LogP contribution in [0.25, 0.3) is 10.2 Å². The van der Waals surface area contributed by atoms with Gasteiger partial charge in [0.05, 0.1) is 27.9 Å². The van der Waals surface area contributed by atoms with Crippen molar-refractivity contribution >= 4 is 48.9 Å². The molecule has 0 atom stereocenters. The lowest BCUT2D eigenvalue weighted by molar-refractivity contribution is -0.114. The molecule has 4 aromatic rings. The van der Waals surface area contributed by atoms with Gasteiger partial charge in [0, 0.05) is 11.7 Å². The molecule has 1 amide bonds.